The lowest BCUT2D eigenvalue weighted by atomic mass is 10.0. The van der Waals surface area contributed by atoms with Crippen LogP contribution in [0.2, 0.25) is 0 Å². The van der Waals surface area contributed by atoms with Gasteiger partial charge in [0, 0.05) is 19.0 Å². The zero-order chi connectivity index (χ0) is 38.2. The Hall–Kier alpha value is -6.05. The minimum absolute atomic E-state index is 0.159. The normalized spacial score (nSPS) is 13.6. The average Bonchev–Trinajstić information content (AvgIpc) is 3.72. The van der Waals surface area contributed by atoms with Crippen LogP contribution in [0.3, 0.4) is 0 Å². The molecule has 0 aliphatic carbocycles. The van der Waals surface area contributed by atoms with E-state index in [1.54, 1.807) is 42.5 Å². The predicted molar refractivity (Wildman–Crippen MR) is 210 cm³/mol. The summed E-state index contributed by atoms with van der Waals surface area (Å²) in [5, 5.41) is 0. The molecule has 0 bridgehead atoms. The molecule has 0 saturated heterocycles. The summed E-state index contributed by atoms with van der Waals surface area (Å²) in [6.45, 7) is 0.563. The van der Waals surface area contributed by atoms with Crippen LogP contribution in [-0.4, -0.2) is 32.5 Å². The first-order valence-corrected chi connectivity index (χ1v) is 20.4. The summed E-state index contributed by atoms with van der Waals surface area (Å²) < 4.78 is 84.0. The van der Waals surface area contributed by atoms with Crippen LogP contribution in [0.15, 0.2) is 166 Å². The molecule has 1 aliphatic heterocycles. The van der Waals surface area contributed by atoms with Crippen molar-refractivity contribution in [2.24, 2.45) is 0 Å². The molecular weight excluding hydrogens is 737 g/mol. The van der Waals surface area contributed by atoms with Gasteiger partial charge in [-0.25, -0.2) is 0 Å². The van der Waals surface area contributed by atoms with E-state index in [0.29, 0.717) is 34.2 Å². The van der Waals surface area contributed by atoms with Crippen LogP contribution in [0.1, 0.15) is 17.0 Å². The zero-order valence-electron chi connectivity index (χ0n) is 29.3. The number of ether oxygens (including phenoxy) is 1. The van der Waals surface area contributed by atoms with Crippen LogP contribution in [0, 0.1) is 0 Å². The van der Waals surface area contributed by atoms with Gasteiger partial charge in [-0.3, -0.25) is 9.11 Å². The molecule has 2 heterocycles. The van der Waals surface area contributed by atoms with Crippen molar-refractivity contribution in [1.82, 2.24) is 0 Å². The third-order valence-corrected chi connectivity index (χ3v) is 11.5. The van der Waals surface area contributed by atoms with Crippen molar-refractivity contribution in [3.63, 3.8) is 0 Å². The number of aryl methyl sites for hydroxylation is 2. The third kappa shape index (κ3) is 7.53. The summed E-state index contributed by atoms with van der Waals surface area (Å²) in [5.41, 5.74) is 6.92. The minimum Gasteiger partial charge on any atom is -0.438 e. The zero-order valence-corrected chi connectivity index (χ0v) is 31.0. The molecule has 12 heteroatoms. The molecule has 8 rings (SSSR count). The fraction of sp³-hybridized carbons (Fsp3) is 0.0930. The Bertz CT molecular complexity index is 2800. The topological polar surface area (TPSA) is 138 Å². The first-order chi connectivity index (χ1) is 26.5. The molecule has 2 N–H and O–H groups in total. The summed E-state index contributed by atoms with van der Waals surface area (Å²) in [6, 6.07) is 44.3. The average molecular weight is 772 g/mol. The monoisotopic (exact) mass is 771 g/mol. The minimum atomic E-state index is -4.47. The van der Waals surface area contributed by atoms with E-state index in [9.17, 15) is 25.9 Å². The molecule has 276 valence electrons. The molecule has 0 saturated carbocycles. The highest BCUT2D eigenvalue weighted by molar-refractivity contribution is 7.86. The van der Waals surface area contributed by atoms with Crippen molar-refractivity contribution in [3.05, 3.63) is 168 Å². The van der Waals surface area contributed by atoms with Gasteiger partial charge in [-0.1, -0.05) is 109 Å². The number of hydrogen-bond donors (Lipinski definition) is 2. The molecule has 0 unspecified atom stereocenters. The maximum absolute atomic E-state index is 12.3. The number of rotatable bonds is 11. The number of hydrogen-bond acceptors (Lipinski definition) is 7. The van der Waals surface area contributed by atoms with Crippen molar-refractivity contribution in [2.45, 2.75) is 29.2 Å². The van der Waals surface area contributed by atoms with Crippen molar-refractivity contribution in [2.75, 3.05) is 11.4 Å². The molecule has 0 amide bonds. The van der Waals surface area contributed by atoms with E-state index in [0.717, 1.165) is 33.5 Å². The van der Waals surface area contributed by atoms with Gasteiger partial charge < -0.3 is 14.1 Å². The van der Waals surface area contributed by atoms with Crippen molar-refractivity contribution < 1.29 is 39.7 Å². The third-order valence-electron chi connectivity index (χ3n) is 9.63. The van der Waals surface area contributed by atoms with Gasteiger partial charge >= 0.3 is 5.89 Å². The van der Waals surface area contributed by atoms with Gasteiger partial charge in [-0.2, -0.15) is 21.4 Å². The van der Waals surface area contributed by atoms with E-state index in [4.69, 9.17) is 9.15 Å². The quantitative estimate of drug-likeness (QED) is 0.0984. The number of fused-ring (bicyclic) bond motifs is 2. The van der Waals surface area contributed by atoms with E-state index in [2.05, 4.69) is 0 Å². The number of benzene rings is 6. The molecule has 0 radical (unpaired) electrons. The molecule has 6 aromatic carbocycles. The van der Waals surface area contributed by atoms with E-state index in [1.165, 1.54) is 12.1 Å². The lowest BCUT2D eigenvalue weighted by molar-refractivity contribution is -0.677. The van der Waals surface area contributed by atoms with E-state index in [-0.39, 0.29) is 35.7 Å². The largest absolute Gasteiger partial charge is 0.438 e. The Kier molecular flexibility index (Phi) is 9.57. The SMILES string of the molecule is O=S(=O)(O)c1ccccc1CCN1C(=Cc2oc3ccc(-c4ccccc4)cc3[n+]2CCc2ccccc2S(=O)(=O)O)Oc2ccc(-c3ccccc3)cc21. The van der Waals surface area contributed by atoms with Crippen LogP contribution in [0.4, 0.5) is 5.69 Å². The highest BCUT2D eigenvalue weighted by Crippen LogP contribution is 2.42. The lowest BCUT2D eigenvalue weighted by Gasteiger charge is -2.19. The molecule has 0 fully saturated rings. The second-order valence-corrected chi connectivity index (χ2v) is 15.9. The van der Waals surface area contributed by atoms with Gasteiger partial charge in [0.1, 0.15) is 6.08 Å². The van der Waals surface area contributed by atoms with Crippen LogP contribution < -0.4 is 14.2 Å². The second kappa shape index (κ2) is 14.6. The van der Waals surface area contributed by atoms with Gasteiger partial charge in [-0.05, 0) is 70.1 Å². The summed E-state index contributed by atoms with van der Waals surface area (Å²) in [4.78, 5) is 1.63. The van der Waals surface area contributed by atoms with Crippen molar-refractivity contribution >= 4 is 43.1 Å². The fourth-order valence-corrected chi connectivity index (χ4v) is 8.50. The Balaban J connectivity index is 1.24. The predicted octanol–water partition coefficient (Wildman–Crippen LogP) is 8.23. The molecule has 0 spiro atoms. The number of anilines is 1. The van der Waals surface area contributed by atoms with Crippen LogP contribution >= 0.6 is 0 Å². The van der Waals surface area contributed by atoms with E-state index >= 15 is 0 Å². The molecule has 1 aromatic heterocycles. The molecule has 1 aliphatic rings. The molecular formula is C43H35N2O8S2+. The first-order valence-electron chi connectivity index (χ1n) is 17.5. The number of oxazole rings is 1. The maximum atomic E-state index is 12.3. The Labute approximate surface area is 318 Å². The van der Waals surface area contributed by atoms with E-state index in [1.807, 2.05) is 107 Å². The van der Waals surface area contributed by atoms with Crippen molar-refractivity contribution in [3.8, 4) is 28.0 Å². The first kappa shape index (κ1) is 36.0. The van der Waals surface area contributed by atoms with Gasteiger partial charge in [0.25, 0.3) is 25.8 Å². The summed E-state index contributed by atoms with van der Waals surface area (Å²) in [7, 11) is -8.93. The molecule has 0 atom stereocenters. The maximum Gasteiger partial charge on any atom is 0.379 e. The van der Waals surface area contributed by atoms with E-state index < -0.39 is 20.2 Å². The number of nitrogens with zero attached hydrogens (tertiary/aromatic N) is 2. The second-order valence-electron chi connectivity index (χ2n) is 13.1. The van der Waals surface area contributed by atoms with Gasteiger partial charge in [0.05, 0.1) is 15.5 Å². The molecule has 10 nitrogen and oxygen atoms in total. The van der Waals surface area contributed by atoms with Crippen LogP contribution in [0.25, 0.3) is 39.4 Å². The van der Waals surface area contributed by atoms with Gasteiger partial charge in [0.15, 0.2) is 12.3 Å². The Morgan fingerprint density at radius 3 is 1.76 bits per heavy atom. The highest BCUT2D eigenvalue weighted by Gasteiger charge is 2.31. The summed E-state index contributed by atoms with van der Waals surface area (Å²) >= 11 is 0. The summed E-state index contributed by atoms with van der Waals surface area (Å²) in [5.74, 6) is 1.42. The number of aromatic nitrogens is 1. The molecule has 55 heavy (non-hydrogen) atoms. The summed E-state index contributed by atoms with van der Waals surface area (Å²) in [6.07, 6.45) is 2.27. The Morgan fingerprint density at radius 2 is 1.15 bits per heavy atom. The van der Waals surface area contributed by atoms with Crippen molar-refractivity contribution in [1.29, 1.82) is 0 Å². The molecule has 7 aromatic rings. The van der Waals surface area contributed by atoms with Crippen LogP contribution in [0.5, 0.6) is 5.75 Å². The fourth-order valence-electron chi connectivity index (χ4n) is 6.99. The lowest BCUT2D eigenvalue weighted by Crippen LogP contribution is -2.37. The van der Waals surface area contributed by atoms with Crippen LogP contribution in [-0.2, 0) is 39.6 Å². The Morgan fingerprint density at radius 1 is 0.600 bits per heavy atom. The highest BCUT2D eigenvalue weighted by atomic mass is 32.2. The van der Waals surface area contributed by atoms with Gasteiger partial charge in [0.2, 0.25) is 11.5 Å². The smallest absolute Gasteiger partial charge is 0.379 e. The standard InChI is InChI=1S/C43H34N2O8S2/c46-54(47,48)40-17-9-7-15-32(40)23-25-44-36-27-34(30-11-3-1-4-12-30)19-21-38(36)52-42(44)29-43-45(26-24-33-16-8-10-18-41(33)55(49,50)51)37-28-35(20-22-39(37)53-43)31-13-5-2-6-14-31/h1-22,27-29H,23-26H2,(H-,46,47,48,49,50,51)/p+1. The van der Waals surface area contributed by atoms with Gasteiger partial charge in [-0.15, -0.1) is 0 Å².